The van der Waals surface area contributed by atoms with Crippen molar-refractivity contribution >= 4 is 43.2 Å². The molecule has 214 valence electrons. The molecule has 1 saturated heterocycles. The number of halogens is 1. The first-order valence-electron chi connectivity index (χ1n) is 13.4. The number of para-hydroxylation sites is 1. The van der Waals surface area contributed by atoms with E-state index in [1.807, 2.05) is 18.2 Å². The summed E-state index contributed by atoms with van der Waals surface area (Å²) in [5, 5.41) is 0.954. The van der Waals surface area contributed by atoms with Crippen molar-refractivity contribution in [3.63, 3.8) is 0 Å². The van der Waals surface area contributed by atoms with Gasteiger partial charge >= 0.3 is 7.82 Å². The van der Waals surface area contributed by atoms with Crippen molar-refractivity contribution in [2.45, 2.75) is 40.0 Å². The second-order valence-electron chi connectivity index (χ2n) is 10.4. The number of phosphoric acid groups is 1. The molecule has 1 aliphatic rings. The molecule has 2 aromatic carbocycles. The molecule has 0 aliphatic carbocycles. The molecule has 4 rings (SSSR count). The summed E-state index contributed by atoms with van der Waals surface area (Å²) >= 11 is 0. The van der Waals surface area contributed by atoms with Crippen LogP contribution in [0.25, 0.3) is 16.6 Å². The molecule has 0 atom stereocenters. The number of hydrogen-bond donors (Lipinski definition) is 0. The maximum absolute atomic E-state index is 12.6. The van der Waals surface area contributed by atoms with Crippen molar-refractivity contribution in [1.82, 2.24) is 9.47 Å². The van der Waals surface area contributed by atoms with Crippen LogP contribution in [-0.2, 0) is 23.6 Å². The molecule has 1 aromatic heterocycles. The summed E-state index contributed by atoms with van der Waals surface area (Å²) in [7, 11) is -3.51. The van der Waals surface area contributed by atoms with E-state index < -0.39 is 7.82 Å². The van der Waals surface area contributed by atoms with E-state index in [1.54, 1.807) is 13.8 Å². The lowest BCUT2D eigenvalue weighted by atomic mass is 9.87. The lowest BCUT2D eigenvalue weighted by molar-refractivity contribution is 0.107. The third kappa shape index (κ3) is 7.12. The zero-order valence-electron chi connectivity index (χ0n) is 23.6. The molecule has 1 fully saturated rings. The van der Waals surface area contributed by atoms with Gasteiger partial charge in [-0.3, -0.25) is 27.8 Å². The quantitative estimate of drug-likeness (QED) is 0.191. The van der Waals surface area contributed by atoms with Crippen molar-refractivity contribution in [3.05, 3.63) is 59.7 Å². The van der Waals surface area contributed by atoms with Gasteiger partial charge in [0.2, 0.25) is 0 Å². The number of carbonyl (C=O) groups excluding carboxylic acids is 1. The van der Waals surface area contributed by atoms with Gasteiger partial charge < -0.3 is 4.90 Å². The van der Waals surface area contributed by atoms with Gasteiger partial charge in [-0.25, -0.2) is 4.57 Å². The monoisotopic (exact) mass is 577 g/mol. The minimum atomic E-state index is -3.51. The zero-order chi connectivity index (χ0) is 27.3. The van der Waals surface area contributed by atoms with Gasteiger partial charge in [0.25, 0.3) is 0 Å². The largest absolute Gasteiger partial charge is 0.474 e. The standard InChI is InChI=1S/C29H40N3O5P.ClH/c1-6-35-38(34,36-7-2)37-21-20-30-16-18-31(19-17-30)28-26(22-33)25-10-8-9-11-27(25)32(28)24-14-12-23(13-15-24)29(3,4)5;/h8-15,22H,6-7,16-21H2,1-5H3;1H. The Kier molecular flexibility index (Phi) is 10.8. The highest BCUT2D eigenvalue weighted by atomic mass is 35.5. The van der Waals surface area contributed by atoms with Crippen LogP contribution in [0.2, 0.25) is 0 Å². The summed E-state index contributed by atoms with van der Waals surface area (Å²) in [4.78, 5) is 17.0. The first-order chi connectivity index (χ1) is 18.2. The molecule has 39 heavy (non-hydrogen) atoms. The topological polar surface area (TPSA) is 73.2 Å². The van der Waals surface area contributed by atoms with Gasteiger partial charge in [0.1, 0.15) is 5.82 Å². The molecule has 3 aromatic rings. The van der Waals surface area contributed by atoms with Gasteiger partial charge in [0.05, 0.1) is 30.9 Å². The van der Waals surface area contributed by atoms with E-state index in [9.17, 15) is 9.36 Å². The van der Waals surface area contributed by atoms with Crippen LogP contribution in [0.15, 0.2) is 48.5 Å². The molecule has 0 radical (unpaired) electrons. The van der Waals surface area contributed by atoms with Crippen molar-refractivity contribution in [2.24, 2.45) is 0 Å². The Labute approximate surface area is 238 Å². The highest BCUT2D eigenvalue weighted by Crippen LogP contribution is 2.49. The number of anilines is 1. The van der Waals surface area contributed by atoms with Gasteiger partial charge in [0.15, 0.2) is 6.29 Å². The summed E-state index contributed by atoms with van der Waals surface area (Å²) in [6, 6.07) is 16.7. The van der Waals surface area contributed by atoms with Crippen LogP contribution in [0.1, 0.15) is 50.5 Å². The number of rotatable bonds is 11. The fraction of sp³-hybridized carbons (Fsp3) is 0.483. The maximum Gasteiger partial charge on any atom is 0.474 e. The molecule has 0 N–H and O–H groups in total. The predicted octanol–water partition coefficient (Wildman–Crippen LogP) is 6.48. The van der Waals surface area contributed by atoms with Crippen molar-refractivity contribution in [3.8, 4) is 5.69 Å². The highest BCUT2D eigenvalue weighted by Gasteiger charge is 2.28. The third-order valence-electron chi connectivity index (χ3n) is 6.90. The molecule has 8 nitrogen and oxygen atoms in total. The Hall–Kier alpha value is -2.19. The van der Waals surface area contributed by atoms with E-state index in [2.05, 4.69) is 65.5 Å². The summed E-state index contributed by atoms with van der Waals surface area (Å²) in [5.41, 5.74) is 4.10. The van der Waals surface area contributed by atoms with E-state index in [0.717, 1.165) is 54.9 Å². The van der Waals surface area contributed by atoms with Crippen LogP contribution >= 0.6 is 20.2 Å². The molecular weight excluding hydrogens is 537 g/mol. The predicted molar refractivity (Wildman–Crippen MR) is 160 cm³/mol. The Morgan fingerprint density at radius 2 is 1.51 bits per heavy atom. The minimum Gasteiger partial charge on any atom is -0.355 e. The molecule has 1 aliphatic heterocycles. The second-order valence-corrected chi connectivity index (χ2v) is 12.1. The van der Waals surface area contributed by atoms with Gasteiger partial charge in [-0.2, -0.15) is 0 Å². The normalized spacial score (nSPS) is 14.9. The fourth-order valence-corrected chi connectivity index (χ4v) is 6.11. The number of benzene rings is 2. The number of carbonyl (C=O) groups is 1. The molecule has 10 heteroatoms. The number of aromatic nitrogens is 1. The van der Waals surface area contributed by atoms with Crippen LogP contribution < -0.4 is 4.90 Å². The molecule has 0 spiro atoms. The Balaban J connectivity index is 0.00000420. The van der Waals surface area contributed by atoms with Gasteiger partial charge in [-0.15, -0.1) is 12.4 Å². The molecule has 2 heterocycles. The van der Waals surface area contributed by atoms with E-state index >= 15 is 0 Å². The summed E-state index contributed by atoms with van der Waals surface area (Å²) in [6.45, 7) is 14.7. The second kappa shape index (κ2) is 13.4. The number of hydrogen-bond acceptors (Lipinski definition) is 7. The van der Waals surface area contributed by atoms with Crippen LogP contribution in [0.5, 0.6) is 0 Å². The summed E-state index contributed by atoms with van der Waals surface area (Å²) in [6.07, 6.45) is 0.983. The van der Waals surface area contributed by atoms with Crippen LogP contribution in [0.3, 0.4) is 0 Å². The van der Waals surface area contributed by atoms with E-state index in [-0.39, 0.29) is 37.6 Å². The number of phosphoric ester groups is 1. The van der Waals surface area contributed by atoms with E-state index in [4.69, 9.17) is 13.6 Å². The van der Waals surface area contributed by atoms with Gasteiger partial charge in [0, 0.05) is 43.8 Å². The van der Waals surface area contributed by atoms with Crippen LogP contribution in [0, 0.1) is 0 Å². The van der Waals surface area contributed by atoms with E-state index in [1.165, 1.54) is 5.56 Å². The molecule has 0 saturated carbocycles. The lowest BCUT2D eigenvalue weighted by Gasteiger charge is -2.36. The minimum absolute atomic E-state index is 0. The van der Waals surface area contributed by atoms with Crippen molar-refractivity contribution in [2.75, 3.05) is 57.4 Å². The highest BCUT2D eigenvalue weighted by molar-refractivity contribution is 7.48. The zero-order valence-corrected chi connectivity index (χ0v) is 25.3. The SMILES string of the molecule is CCOP(=O)(OCC)OCCN1CCN(c2c(C=O)c3ccccc3n2-c2ccc(C(C)(C)C)cc2)CC1.Cl. The van der Waals surface area contributed by atoms with Crippen molar-refractivity contribution < 1.29 is 22.9 Å². The van der Waals surface area contributed by atoms with Crippen LogP contribution in [0.4, 0.5) is 5.82 Å². The number of aldehydes is 1. The number of fused-ring (bicyclic) bond motifs is 1. The molecule has 0 amide bonds. The molecule has 0 bridgehead atoms. The fourth-order valence-electron chi connectivity index (χ4n) is 4.94. The van der Waals surface area contributed by atoms with Gasteiger partial charge in [-0.05, 0) is 43.0 Å². The smallest absolute Gasteiger partial charge is 0.355 e. The third-order valence-corrected chi connectivity index (χ3v) is 8.55. The summed E-state index contributed by atoms with van der Waals surface area (Å²) < 4.78 is 30.7. The average Bonchev–Trinajstić information content (AvgIpc) is 3.23. The molecular formula is C29H41ClN3O5P. The first kappa shape index (κ1) is 31.3. The molecule has 0 unspecified atom stereocenters. The Morgan fingerprint density at radius 3 is 2.08 bits per heavy atom. The average molecular weight is 578 g/mol. The van der Waals surface area contributed by atoms with Crippen LogP contribution in [-0.4, -0.2) is 68.3 Å². The summed E-state index contributed by atoms with van der Waals surface area (Å²) in [5.74, 6) is 0.929. The number of piperazine rings is 1. The maximum atomic E-state index is 12.6. The number of nitrogens with zero attached hydrogens (tertiary/aromatic N) is 3. The van der Waals surface area contributed by atoms with E-state index in [0.29, 0.717) is 12.1 Å². The first-order valence-corrected chi connectivity index (χ1v) is 14.9. The van der Waals surface area contributed by atoms with Crippen molar-refractivity contribution in [1.29, 1.82) is 0 Å². The van der Waals surface area contributed by atoms with Gasteiger partial charge in [-0.1, -0.05) is 51.1 Å². The Morgan fingerprint density at radius 1 is 0.897 bits per heavy atom. The Bertz CT molecular complexity index is 1270. The lowest BCUT2D eigenvalue weighted by Crippen LogP contribution is -2.48.